The molecule has 2 aromatic rings. The summed E-state index contributed by atoms with van der Waals surface area (Å²) in [7, 11) is -2.55. The van der Waals surface area contributed by atoms with E-state index in [1.807, 2.05) is 20.8 Å². The number of rotatable bonds is 8. The maximum Gasteiger partial charge on any atom is 0.253 e. The number of hydrazine groups is 1. The number of sulfonamides is 1. The van der Waals surface area contributed by atoms with Crippen LogP contribution in [0.4, 0.5) is 0 Å². The summed E-state index contributed by atoms with van der Waals surface area (Å²) in [6, 6.07) is 8.07. The Morgan fingerprint density at radius 3 is 2.13 bits per heavy atom. The molecule has 10 heteroatoms. The smallest absolute Gasteiger partial charge is 0.253 e. The van der Waals surface area contributed by atoms with Gasteiger partial charge in [0.1, 0.15) is 0 Å². The molecule has 0 atom stereocenters. The second-order valence-corrected chi connectivity index (χ2v) is 10.4. The van der Waals surface area contributed by atoms with Gasteiger partial charge in [-0.2, -0.15) is 4.31 Å². The number of benzene rings is 1. The highest BCUT2D eigenvalue weighted by atomic mass is 32.2. The van der Waals surface area contributed by atoms with E-state index in [0.717, 1.165) is 19.6 Å². The Morgan fingerprint density at radius 2 is 1.57 bits per heavy atom. The lowest BCUT2D eigenvalue weighted by atomic mass is 10.1. The lowest BCUT2D eigenvalue weighted by Gasteiger charge is -2.17. The van der Waals surface area contributed by atoms with Crippen molar-refractivity contribution in [2.75, 3.05) is 13.6 Å². The van der Waals surface area contributed by atoms with Gasteiger partial charge in [0.15, 0.2) is 5.78 Å². The summed E-state index contributed by atoms with van der Waals surface area (Å²) in [5.41, 5.74) is 5.90. The van der Waals surface area contributed by atoms with Gasteiger partial charge in [-0.25, -0.2) is 8.42 Å². The average molecular weight is 452 g/mol. The predicted molar refractivity (Wildman–Crippen MR) is 115 cm³/mol. The lowest BCUT2D eigenvalue weighted by molar-refractivity contribution is -0.128. The Bertz CT molecular complexity index is 1040. The molecule has 1 aromatic carbocycles. The van der Waals surface area contributed by atoms with E-state index in [0.29, 0.717) is 5.56 Å². The first-order chi connectivity index (χ1) is 14.0. The molecule has 0 unspecified atom stereocenters. The van der Waals surface area contributed by atoms with Crippen LogP contribution in [0.1, 0.15) is 38.5 Å². The number of hydrogen-bond donors (Lipinski definition) is 2. The normalized spacial score (nSPS) is 11.4. The summed E-state index contributed by atoms with van der Waals surface area (Å²) in [6.45, 7) is 5.13. The molecule has 2 N–H and O–H groups in total. The largest absolute Gasteiger partial charge is 0.294 e. The van der Waals surface area contributed by atoms with E-state index in [1.54, 1.807) is 18.2 Å². The number of thiophene rings is 1. The van der Waals surface area contributed by atoms with Crippen LogP contribution in [-0.4, -0.2) is 43.9 Å². The van der Waals surface area contributed by atoms with E-state index >= 15 is 0 Å². The van der Waals surface area contributed by atoms with Crippen molar-refractivity contribution in [2.24, 2.45) is 0 Å². The maximum atomic E-state index is 12.5. The van der Waals surface area contributed by atoms with Crippen molar-refractivity contribution in [3.8, 4) is 0 Å². The molecular weight excluding hydrogens is 426 g/mol. The van der Waals surface area contributed by atoms with Gasteiger partial charge in [-0.3, -0.25) is 25.2 Å². The van der Waals surface area contributed by atoms with Crippen molar-refractivity contribution in [3.63, 3.8) is 0 Å². The zero-order valence-corrected chi connectivity index (χ0v) is 18.9. The standard InChI is InChI=1S/C20H25N3O5S2/c1-13-5-7-16(8-6-13)30(27,28)23(4)12-20(26)22-21-19(25)10-9-18(24)17-11-14(2)29-15(17)3/h5-8,11H,9-10,12H2,1-4H3,(H,21,25)(H,22,26). The van der Waals surface area contributed by atoms with E-state index in [9.17, 15) is 22.8 Å². The molecular formula is C20H25N3O5S2. The van der Waals surface area contributed by atoms with Crippen LogP contribution in [0.2, 0.25) is 0 Å². The van der Waals surface area contributed by atoms with Gasteiger partial charge in [0.05, 0.1) is 11.4 Å². The molecule has 0 fully saturated rings. The van der Waals surface area contributed by atoms with Gasteiger partial charge in [0.2, 0.25) is 15.9 Å². The number of likely N-dealkylation sites (N-methyl/N-ethyl adjacent to an activating group) is 1. The van der Waals surface area contributed by atoms with Gasteiger partial charge < -0.3 is 0 Å². The number of hydrogen-bond acceptors (Lipinski definition) is 6. The molecule has 0 saturated carbocycles. The number of aryl methyl sites for hydroxylation is 3. The van der Waals surface area contributed by atoms with E-state index in [4.69, 9.17) is 0 Å². The first-order valence-corrected chi connectivity index (χ1v) is 11.5. The van der Waals surface area contributed by atoms with Gasteiger partial charge in [-0.05, 0) is 39.0 Å². The highest BCUT2D eigenvalue weighted by Gasteiger charge is 2.23. The van der Waals surface area contributed by atoms with Gasteiger partial charge in [-0.1, -0.05) is 17.7 Å². The number of nitrogens with zero attached hydrogens (tertiary/aromatic N) is 1. The van der Waals surface area contributed by atoms with Crippen LogP contribution in [0.3, 0.4) is 0 Å². The molecule has 30 heavy (non-hydrogen) atoms. The van der Waals surface area contributed by atoms with Crippen LogP contribution < -0.4 is 10.9 Å². The molecule has 0 aliphatic rings. The van der Waals surface area contributed by atoms with E-state index in [-0.39, 0.29) is 23.5 Å². The molecule has 0 aliphatic carbocycles. The summed E-state index contributed by atoms with van der Waals surface area (Å²) in [5.74, 6) is -1.37. The molecule has 2 amide bonds. The van der Waals surface area contributed by atoms with Crippen LogP contribution >= 0.6 is 11.3 Å². The van der Waals surface area contributed by atoms with Crippen LogP contribution in [0.5, 0.6) is 0 Å². The minimum absolute atomic E-state index is 0.0143. The third-order valence-corrected chi connectivity index (χ3v) is 7.14. The fourth-order valence-electron chi connectivity index (χ4n) is 2.69. The third-order valence-electron chi connectivity index (χ3n) is 4.36. The van der Waals surface area contributed by atoms with Gasteiger partial charge in [0, 0.05) is 35.2 Å². The Balaban J connectivity index is 1.80. The number of carbonyl (C=O) groups is 3. The molecule has 162 valence electrons. The highest BCUT2D eigenvalue weighted by molar-refractivity contribution is 7.89. The summed E-state index contributed by atoms with van der Waals surface area (Å²) in [5, 5.41) is 0. The SMILES string of the molecule is Cc1ccc(S(=O)(=O)N(C)CC(=O)NNC(=O)CCC(=O)c2cc(C)sc2C)cc1. The Kier molecular flexibility index (Phi) is 7.88. The Hall–Kier alpha value is -2.56. The maximum absolute atomic E-state index is 12.5. The molecule has 0 bridgehead atoms. The quantitative estimate of drug-likeness (QED) is 0.471. The minimum Gasteiger partial charge on any atom is -0.294 e. The van der Waals surface area contributed by atoms with Crippen molar-refractivity contribution in [1.29, 1.82) is 0 Å². The molecule has 1 aromatic heterocycles. The van der Waals surface area contributed by atoms with Crippen molar-refractivity contribution in [2.45, 2.75) is 38.5 Å². The summed E-state index contributed by atoms with van der Waals surface area (Å²) in [6.07, 6.45) is -0.0780. The third kappa shape index (κ3) is 6.22. The number of carbonyl (C=O) groups excluding carboxylic acids is 3. The summed E-state index contributed by atoms with van der Waals surface area (Å²) >= 11 is 1.52. The molecule has 2 rings (SSSR count). The topological polar surface area (TPSA) is 113 Å². The van der Waals surface area contributed by atoms with Crippen LogP contribution in [-0.2, 0) is 19.6 Å². The van der Waals surface area contributed by atoms with E-state index < -0.39 is 28.4 Å². The lowest BCUT2D eigenvalue weighted by Crippen LogP contribution is -2.46. The fourth-order valence-corrected chi connectivity index (χ4v) is 4.76. The van der Waals surface area contributed by atoms with Gasteiger partial charge in [0.25, 0.3) is 5.91 Å². The molecule has 1 heterocycles. The second-order valence-electron chi connectivity index (χ2n) is 6.92. The number of nitrogens with one attached hydrogen (secondary N) is 2. The molecule has 0 radical (unpaired) electrons. The first-order valence-electron chi connectivity index (χ1n) is 9.21. The number of amides is 2. The van der Waals surface area contributed by atoms with Crippen LogP contribution in [0.15, 0.2) is 35.2 Å². The molecule has 0 spiro atoms. The van der Waals surface area contributed by atoms with Crippen molar-refractivity contribution in [3.05, 3.63) is 51.2 Å². The predicted octanol–water partition coefficient (Wildman–Crippen LogP) is 2.10. The van der Waals surface area contributed by atoms with Crippen LogP contribution in [0.25, 0.3) is 0 Å². The Morgan fingerprint density at radius 1 is 0.967 bits per heavy atom. The number of ketones is 1. The monoisotopic (exact) mass is 451 g/mol. The first kappa shape index (κ1) is 23.7. The summed E-state index contributed by atoms with van der Waals surface area (Å²) < 4.78 is 25.9. The average Bonchev–Trinajstić information content (AvgIpc) is 3.02. The summed E-state index contributed by atoms with van der Waals surface area (Å²) in [4.78, 5) is 38.1. The number of Topliss-reactive ketones (excluding diaryl/α,β-unsaturated/α-hetero) is 1. The zero-order valence-electron chi connectivity index (χ0n) is 17.3. The van der Waals surface area contributed by atoms with Crippen molar-refractivity contribution in [1.82, 2.24) is 15.2 Å². The highest BCUT2D eigenvalue weighted by Crippen LogP contribution is 2.22. The fraction of sp³-hybridized carbons (Fsp3) is 0.350. The Labute approximate surface area is 180 Å². The van der Waals surface area contributed by atoms with Gasteiger partial charge >= 0.3 is 0 Å². The molecule has 0 saturated heterocycles. The van der Waals surface area contributed by atoms with E-state index in [1.165, 1.54) is 30.5 Å². The van der Waals surface area contributed by atoms with Crippen molar-refractivity contribution < 1.29 is 22.8 Å². The minimum atomic E-state index is -3.83. The zero-order chi connectivity index (χ0) is 22.5. The molecule has 8 nitrogen and oxygen atoms in total. The van der Waals surface area contributed by atoms with Gasteiger partial charge in [-0.15, -0.1) is 11.3 Å². The van der Waals surface area contributed by atoms with Crippen molar-refractivity contribution >= 4 is 39.0 Å². The molecule has 0 aliphatic heterocycles. The second kappa shape index (κ2) is 9.96. The van der Waals surface area contributed by atoms with Crippen LogP contribution in [0, 0.1) is 20.8 Å². The van der Waals surface area contributed by atoms with E-state index in [2.05, 4.69) is 10.9 Å².